The van der Waals surface area contributed by atoms with Gasteiger partial charge in [-0.05, 0) is 18.6 Å². The van der Waals surface area contributed by atoms with Gasteiger partial charge in [0.15, 0.2) is 11.6 Å². The zero-order chi connectivity index (χ0) is 16.1. The van der Waals surface area contributed by atoms with E-state index in [-0.39, 0.29) is 5.78 Å². The average Bonchev–Trinajstić information content (AvgIpc) is 2.61. The van der Waals surface area contributed by atoms with Gasteiger partial charge in [0.1, 0.15) is 0 Å². The first-order valence-electron chi connectivity index (χ1n) is 7.40. The normalized spacial score (nSPS) is 10.8. The predicted molar refractivity (Wildman–Crippen MR) is 92.0 cm³/mol. The highest BCUT2D eigenvalue weighted by Crippen LogP contribution is 2.16. The minimum Gasteiger partial charge on any atom is -0.289 e. The number of benzene rings is 2. The van der Waals surface area contributed by atoms with Crippen LogP contribution in [0.4, 0.5) is 0 Å². The van der Waals surface area contributed by atoms with Crippen molar-refractivity contribution in [3.63, 3.8) is 0 Å². The van der Waals surface area contributed by atoms with Crippen molar-refractivity contribution in [1.29, 1.82) is 0 Å². The van der Waals surface area contributed by atoms with Crippen LogP contribution in [0.3, 0.4) is 0 Å². The first kappa shape index (κ1) is 14.9. The largest absolute Gasteiger partial charge is 0.289 e. The van der Waals surface area contributed by atoms with Crippen molar-refractivity contribution in [3.8, 4) is 11.4 Å². The molecule has 0 bridgehead atoms. The van der Waals surface area contributed by atoms with E-state index in [0.29, 0.717) is 17.1 Å². The molecule has 0 atom stereocenters. The molecule has 23 heavy (non-hydrogen) atoms. The van der Waals surface area contributed by atoms with Crippen LogP contribution in [0.25, 0.3) is 17.5 Å². The van der Waals surface area contributed by atoms with Gasteiger partial charge in [0, 0.05) is 11.8 Å². The molecule has 0 saturated carbocycles. The maximum atomic E-state index is 12.3. The van der Waals surface area contributed by atoms with Crippen LogP contribution in [0.2, 0.25) is 0 Å². The highest BCUT2D eigenvalue weighted by atomic mass is 16.1. The fourth-order valence-corrected chi connectivity index (χ4v) is 2.26. The molecule has 3 aromatic rings. The van der Waals surface area contributed by atoms with E-state index in [9.17, 15) is 4.79 Å². The number of carbonyl (C=O) groups excluding carboxylic acids is 1. The third-order valence-corrected chi connectivity index (χ3v) is 3.50. The standard InChI is InChI=1S/C20H16N2O/c1-15-18(19(23)13-12-16-8-4-2-5-9-16)14-21-20(22-15)17-10-6-3-7-11-17/h2-14H,1H3. The molecule has 112 valence electrons. The summed E-state index contributed by atoms with van der Waals surface area (Å²) in [5, 5.41) is 0. The second-order valence-corrected chi connectivity index (χ2v) is 5.17. The summed E-state index contributed by atoms with van der Waals surface area (Å²) in [5.74, 6) is 0.539. The Morgan fingerprint density at radius 2 is 1.61 bits per heavy atom. The molecule has 0 N–H and O–H groups in total. The minimum atomic E-state index is -0.0917. The smallest absolute Gasteiger partial charge is 0.189 e. The third-order valence-electron chi connectivity index (χ3n) is 3.50. The number of carbonyl (C=O) groups is 1. The maximum Gasteiger partial charge on any atom is 0.189 e. The van der Waals surface area contributed by atoms with E-state index in [4.69, 9.17) is 0 Å². The first-order valence-corrected chi connectivity index (χ1v) is 7.40. The number of aryl methyl sites for hydroxylation is 1. The summed E-state index contributed by atoms with van der Waals surface area (Å²) in [6.07, 6.45) is 4.96. The summed E-state index contributed by atoms with van der Waals surface area (Å²) in [6.45, 7) is 1.83. The Kier molecular flexibility index (Phi) is 4.39. The van der Waals surface area contributed by atoms with E-state index in [1.807, 2.05) is 67.6 Å². The number of aromatic nitrogens is 2. The molecular weight excluding hydrogens is 284 g/mol. The lowest BCUT2D eigenvalue weighted by Gasteiger charge is -2.04. The topological polar surface area (TPSA) is 42.9 Å². The van der Waals surface area contributed by atoms with Crippen LogP contribution in [-0.4, -0.2) is 15.8 Å². The molecule has 0 spiro atoms. The zero-order valence-corrected chi connectivity index (χ0v) is 12.8. The van der Waals surface area contributed by atoms with Gasteiger partial charge in [-0.3, -0.25) is 4.79 Å². The molecule has 1 heterocycles. The molecule has 2 aromatic carbocycles. The maximum absolute atomic E-state index is 12.3. The molecule has 1 aromatic heterocycles. The van der Waals surface area contributed by atoms with E-state index in [2.05, 4.69) is 9.97 Å². The van der Waals surface area contributed by atoms with Crippen LogP contribution in [0, 0.1) is 6.92 Å². The van der Waals surface area contributed by atoms with Crippen LogP contribution < -0.4 is 0 Å². The van der Waals surface area contributed by atoms with Crippen molar-refractivity contribution in [1.82, 2.24) is 9.97 Å². The van der Waals surface area contributed by atoms with Gasteiger partial charge >= 0.3 is 0 Å². The summed E-state index contributed by atoms with van der Waals surface area (Å²) in [5.41, 5.74) is 3.13. The molecule has 0 fully saturated rings. The van der Waals surface area contributed by atoms with Gasteiger partial charge in [-0.1, -0.05) is 66.7 Å². The minimum absolute atomic E-state index is 0.0917. The molecule has 0 aliphatic rings. The second-order valence-electron chi connectivity index (χ2n) is 5.17. The Balaban J connectivity index is 1.83. The Hall–Kier alpha value is -3.07. The van der Waals surface area contributed by atoms with E-state index < -0.39 is 0 Å². The van der Waals surface area contributed by atoms with Gasteiger partial charge < -0.3 is 0 Å². The number of rotatable bonds is 4. The lowest BCUT2D eigenvalue weighted by Crippen LogP contribution is -2.03. The third kappa shape index (κ3) is 3.58. The summed E-state index contributed by atoms with van der Waals surface area (Å²) < 4.78 is 0. The Bertz CT molecular complexity index is 840. The van der Waals surface area contributed by atoms with E-state index >= 15 is 0 Å². The van der Waals surface area contributed by atoms with Gasteiger partial charge in [-0.2, -0.15) is 0 Å². The Morgan fingerprint density at radius 1 is 0.957 bits per heavy atom. The van der Waals surface area contributed by atoms with Crippen molar-refractivity contribution in [2.75, 3.05) is 0 Å². The van der Waals surface area contributed by atoms with Crippen molar-refractivity contribution < 1.29 is 4.79 Å². The molecule has 0 radical (unpaired) electrons. The molecule has 0 amide bonds. The molecular formula is C20H16N2O. The van der Waals surface area contributed by atoms with Crippen molar-refractivity contribution in [3.05, 3.63) is 89.8 Å². The van der Waals surface area contributed by atoms with Crippen LogP contribution in [-0.2, 0) is 0 Å². The van der Waals surface area contributed by atoms with Gasteiger partial charge in [-0.25, -0.2) is 9.97 Å². The zero-order valence-electron chi connectivity index (χ0n) is 12.8. The summed E-state index contributed by atoms with van der Waals surface area (Å²) >= 11 is 0. The van der Waals surface area contributed by atoms with E-state index in [1.54, 1.807) is 18.3 Å². The number of nitrogens with zero attached hydrogens (tertiary/aromatic N) is 2. The fraction of sp³-hybridized carbons (Fsp3) is 0.0500. The van der Waals surface area contributed by atoms with Crippen molar-refractivity contribution >= 4 is 11.9 Å². The van der Waals surface area contributed by atoms with Crippen LogP contribution >= 0.6 is 0 Å². The van der Waals surface area contributed by atoms with E-state index in [0.717, 1.165) is 11.1 Å². The molecule has 3 heteroatoms. The molecule has 0 saturated heterocycles. The van der Waals surface area contributed by atoms with Gasteiger partial charge in [0.2, 0.25) is 0 Å². The summed E-state index contributed by atoms with van der Waals surface area (Å²) in [6, 6.07) is 19.4. The van der Waals surface area contributed by atoms with E-state index in [1.165, 1.54) is 0 Å². The number of allylic oxidation sites excluding steroid dienone is 1. The van der Waals surface area contributed by atoms with Crippen LogP contribution in [0.5, 0.6) is 0 Å². The molecule has 3 nitrogen and oxygen atoms in total. The number of hydrogen-bond donors (Lipinski definition) is 0. The first-order chi connectivity index (χ1) is 11.2. The molecule has 3 rings (SSSR count). The number of ketones is 1. The Morgan fingerprint density at radius 3 is 2.26 bits per heavy atom. The molecule has 0 aliphatic heterocycles. The number of hydrogen-bond acceptors (Lipinski definition) is 3. The lowest BCUT2D eigenvalue weighted by molar-refractivity contribution is 0.104. The summed E-state index contributed by atoms with van der Waals surface area (Å²) in [4.78, 5) is 21.1. The highest BCUT2D eigenvalue weighted by Gasteiger charge is 2.10. The SMILES string of the molecule is Cc1nc(-c2ccccc2)ncc1C(=O)C=Cc1ccccc1. The van der Waals surface area contributed by atoms with Crippen LogP contribution in [0.15, 0.2) is 72.9 Å². The van der Waals surface area contributed by atoms with Gasteiger partial charge in [0.05, 0.1) is 11.3 Å². The summed E-state index contributed by atoms with van der Waals surface area (Å²) in [7, 11) is 0. The van der Waals surface area contributed by atoms with Crippen molar-refractivity contribution in [2.24, 2.45) is 0 Å². The van der Waals surface area contributed by atoms with Gasteiger partial charge in [0.25, 0.3) is 0 Å². The average molecular weight is 300 g/mol. The molecule has 0 unspecified atom stereocenters. The van der Waals surface area contributed by atoms with Crippen molar-refractivity contribution in [2.45, 2.75) is 6.92 Å². The second kappa shape index (κ2) is 6.79. The van der Waals surface area contributed by atoms with Gasteiger partial charge in [-0.15, -0.1) is 0 Å². The van der Waals surface area contributed by atoms with Crippen LogP contribution in [0.1, 0.15) is 21.6 Å². The lowest BCUT2D eigenvalue weighted by atomic mass is 10.1. The Labute approximate surface area is 135 Å². The quantitative estimate of drug-likeness (QED) is 0.531. The highest BCUT2D eigenvalue weighted by molar-refractivity contribution is 6.07. The molecule has 0 aliphatic carbocycles. The fourth-order valence-electron chi connectivity index (χ4n) is 2.26. The monoisotopic (exact) mass is 300 g/mol. The predicted octanol–water partition coefficient (Wildman–Crippen LogP) is 4.35.